The minimum Gasteiger partial charge on any atom is -0.481 e. The van der Waals surface area contributed by atoms with Crippen LogP contribution in [0, 0.1) is 5.92 Å². The molecular weight excluding hydrogens is 304 g/mol. The van der Waals surface area contributed by atoms with E-state index in [2.05, 4.69) is 9.47 Å². The second kappa shape index (κ2) is 12.8. The SMILES string of the molecule is O=C(O)CC(COC(=O)OCCOCCOCCO)C(=O)O. The van der Waals surface area contributed by atoms with Crippen molar-refractivity contribution in [2.75, 3.05) is 46.2 Å². The second-order valence-corrected chi connectivity index (χ2v) is 3.99. The summed E-state index contributed by atoms with van der Waals surface area (Å²) < 4.78 is 19.1. The number of rotatable bonds is 13. The number of carbonyl (C=O) groups is 3. The second-order valence-electron chi connectivity index (χ2n) is 3.99. The van der Waals surface area contributed by atoms with Gasteiger partial charge in [0, 0.05) is 0 Å². The van der Waals surface area contributed by atoms with Gasteiger partial charge in [-0.3, -0.25) is 9.59 Å². The average Bonchev–Trinajstić information content (AvgIpc) is 2.45. The van der Waals surface area contributed by atoms with E-state index in [0.29, 0.717) is 6.61 Å². The van der Waals surface area contributed by atoms with Gasteiger partial charge in [-0.25, -0.2) is 4.79 Å². The lowest BCUT2D eigenvalue weighted by atomic mass is 10.1. The fraction of sp³-hybridized carbons (Fsp3) is 0.750. The Morgan fingerprint density at radius 1 is 0.864 bits per heavy atom. The molecule has 3 N–H and O–H groups in total. The highest BCUT2D eigenvalue weighted by atomic mass is 16.7. The van der Waals surface area contributed by atoms with Crippen molar-refractivity contribution in [1.82, 2.24) is 0 Å². The molecule has 0 bridgehead atoms. The number of carboxylic acids is 2. The van der Waals surface area contributed by atoms with E-state index in [0.717, 1.165) is 0 Å². The van der Waals surface area contributed by atoms with Crippen LogP contribution in [0.4, 0.5) is 4.79 Å². The highest BCUT2D eigenvalue weighted by Crippen LogP contribution is 2.05. The van der Waals surface area contributed by atoms with Gasteiger partial charge in [-0.1, -0.05) is 0 Å². The summed E-state index contributed by atoms with van der Waals surface area (Å²) in [6.07, 6.45) is -1.75. The molecule has 0 amide bonds. The molecule has 0 heterocycles. The number of ether oxygens (including phenoxy) is 4. The fourth-order valence-corrected chi connectivity index (χ4v) is 1.21. The Balaban J connectivity index is 3.64. The topological polar surface area (TPSA) is 149 Å². The van der Waals surface area contributed by atoms with Crippen LogP contribution in [0.25, 0.3) is 0 Å². The van der Waals surface area contributed by atoms with Gasteiger partial charge < -0.3 is 34.3 Å². The first-order valence-electron chi connectivity index (χ1n) is 6.47. The average molecular weight is 324 g/mol. The van der Waals surface area contributed by atoms with Gasteiger partial charge in [0.1, 0.15) is 19.1 Å². The summed E-state index contributed by atoms with van der Waals surface area (Å²) in [7, 11) is 0. The van der Waals surface area contributed by atoms with E-state index in [4.69, 9.17) is 24.8 Å². The molecule has 0 spiro atoms. The van der Waals surface area contributed by atoms with Crippen molar-refractivity contribution < 1.29 is 48.7 Å². The molecule has 1 atom stereocenters. The van der Waals surface area contributed by atoms with Crippen LogP contribution in [0.1, 0.15) is 6.42 Å². The Morgan fingerprint density at radius 2 is 1.45 bits per heavy atom. The van der Waals surface area contributed by atoms with Gasteiger partial charge in [0.2, 0.25) is 0 Å². The number of hydrogen-bond donors (Lipinski definition) is 3. The van der Waals surface area contributed by atoms with Crippen molar-refractivity contribution >= 4 is 18.1 Å². The Morgan fingerprint density at radius 3 is 2.00 bits per heavy atom. The summed E-state index contributed by atoms with van der Waals surface area (Å²) in [6, 6.07) is 0. The zero-order valence-electron chi connectivity index (χ0n) is 11.9. The van der Waals surface area contributed by atoms with Crippen LogP contribution in [0.2, 0.25) is 0 Å². The lowest BCUT2D eigenvalue weighted by molar-refractivity contribution is -0.149. The summed E-state index contributed by atoms with van der Waals surface area (Å²) in [4.78, 5) is 32.3. The smallest absolute Gasteiger partial charge is 0.481 e. The molecule has 10 heteroatoms. The predicted molar refractivity (Wildman–Crippen MR) is 69.4 cm³/mol. The molecule has 22 heavy (non-hydrogen) atoms. The maximum Gasteiger partial charge on any atom is 0.508 e. The molecule has 0 fully saturated rings. The molecule has 0 aromatic heterocycles. The van der Waals surface area contributed by atoms with Gasteiger partial charge in [0.25, 0.3) is 0 Å². The lowest BCUT2D eigenvalue weighted by Gasteiger charge is -2.11. The van der Waals surface area contributed by atoms with Crippen LogP contribution in [-0.2, 0) is 28.5 Å². The van der Waals surface area contributed by atoms with E-state index in [9.17, 15) is 14.4 Å². The Labute approximate surface area is 126 Å². The lowest BCUT2D eigenvalue weighted by Crippen LogP contribution is -2.25. The van der Waals surface area contributed by atoms with E-state index in [-0.39, 0.29) is 33.0 Å². The normalized spacial score (nSPS) is 11.7. The number of carboxylic acid groups (broad SMARTS) is 2. The molecule has 0 saturated carbocycles. The Bertz CT molecular complexity index is 343. The zero-order valence-corrected chi connectivity index (χ0v) is 11.9. The quantitative estimate of drug-likeness (QED) is 0.294. The van der Waals surface area contributed by atoms with Crippen LogP contribution in [0.3, 0.4) is 0 Å². The largest absolute Gasteiger partial charge is 0.508 e. The Kier molecular flexibility index (Phi) is 11.7. The summed E-state index contributed by atoms with van der Waals surface area (Å²) in [5.41, 5.74) is 0. The third kappa shape index (κ3) is 11.9. The predicted octanol–water partition coefficient (Wildman–Crippen LogP) is -0.659. The van der Waals surface area contributed by atoms with Crippen molar-refractivity contribution in [2.45, 2.75) is 6.42 Å². The molecule has 0 saturated heterocycles. The Hall–Kier alpha value is -1.91. The van der Waals surface area contributed by atoms with Gasteiger partial charge in [0.15, 0.2) is 0 Å². The van der Waals surface area contributed by atoms with Gasteiger partial charge in [-0.2, -0.15) is 0 Å². The standard InChI is InChI=1S/C12H20O10/c13-1-2-19-3-4-20-5-6-21-12(18)22-8-9(11(16)17)7-10(14)15/h9,13H,1-8H2,(H,14,15)(H,16,17). The molecule has 0 aliphatic heterocycles. The monoisotopic (exact) mass is 324 g/mol. The molecule has 128 valence electrons. The van der Waals surface area contributed by atoms with Crippen LogP contribution in [-0.4, -0.2) is 79.7 Å². The van der Waals surface area contributed by atoms with Crippen molar-refractivity contribution in [1.29, 1.82) is 0 Å². The zero-order chi connectivity index (χ0) is 16.8. The third-order valence-electron chi connectivity index (χ3n) is 2.23. The third-order valence-corrected chi connectivity index (χ3v) is 2.23. The van der Waals surface area contributed by atoms with E-state index < -0.39 is 37.0 Å². The molecule has 0 aliphatic rings. The molecule has 0 aromatic carbocycles. The molecule has 1 unspecified atom stereocenters. The molecule has 0 rings (SSSR count). The molecule has 0 radical (unpaired) electrons. The van der Waals surface area contributed by atoms with E-state index in [1.807, 2.05) is 0 Å². The number of aliphatic carboxylic acids is 2. The van der Waals surface area contributed by atoms with Crippen molar-refractivity contribution in [3.63, 3.8) is 0 Å². The van der Waals surface area contributed by atoms with E-state index in [1.54, 1.807) is 0 Å². The highest BCUT2D eigenvalue weighted by molar-refractivity contribution is 5.78. The fourth-order valence-electron chi connectivity index (χ4n) is 1.21. The molecular formula is C12H20O10. The number of carbonyl (C=O) groups excluding carboxylic acids is 1. The minimum absolute atomic E-state index is 0.0752. The summed E-state index contributed by atoms with van der Waals surface area (Å²) >= 11 is 0. The number of aliphatic hydroxyl groups is 1. The number of hydrogen-bond acceptors (Lipinski definition) is 8. The number of aliphatic hydroxyl groups excluding tert-OH is 1. The molecule has 0 aliphatic carbocycles. The first-order valence-corrected chi connectivity index (χ1v) is 6.47. The molecule has 10 nitrogen and oxygen atoms in total. The van der Waals surface area contributed by atoms with Gasteiger partial charge in [-0.15, -0.1) is 0 Å². The highest BCUT2D eigenvalue weighted by Gasteiger charge is 2.23. The maximum absolute atomic E-state index is 11.1. The van der Waals surface area contributed by atoms with Crippen LogP contribution < -0.4 is 0 Å². The minimum atomic E-state index is -1.37. The summed E-state index contributed by atoms with van der Waals surface area (Å²) in [5.74, 6) is -4.01. The van der Waals surface area contributed by atoms with Gasteiger partial charge in [-0.05, 0) is 0 Å². The van der Waals surface area contributed by atoms with E-state index in [1.165, 1.54) is 0 Å². The maximum atomic E-state index is 11.1. The van der Waals surface area contributed by atoms with Crippen LogP contribution >= 0.6 is 0 Å². The first kappa shape index (κ1) is 20.1. The van der Waals surface area contributed by atoms with Gasteiger partial charge >= 0.3 is 18.1 Å². The van der Waals surface area contributed by atoms with Crippen molar-refractivity contribution in [2.24, 2.45) is 5.92 Å². The summed E-state index contributed by atoms with van der Waals surface area (Å²) in [6.45, 7) is 0.0981. The van der Waals surface area contributed by atoms with Gasteiger partial charge in [0.05, 0.1) is 39.5 Å². The summed E-state index contributed by atoms with van der Waals surface area (Å²) in [5, 5.41) is 25.7. The van der Waals surface area contributed by atoms with Crippen LogP contribution in [0.5, 0.6) is 0 Å². The van der Waals surface area contributed by atoms with E-state index >= 15 is 0 Å². The molecule has 0 aromatic rings. The first-order chi connectivity index (χ1) is 10.5. The van der Waals surface area contributed by atoms with Crippen molar-refractivity contribution in [3.8, 4) is 0 Å². The van der Waals surface area contributed by atoms with Crippen LogP contribution in [0.15, 0.2) is 0 Å². The van der Waals surface area contributed by atoms with Crippen molar-refractivity contribution in [3.05, 3.63) is 0 Å².